The molecule has 0 aliphatic carbocycles. The van der Waals surface area contributed by atoms with Crippen LogP contribution >= 0.6 is 0 Å². The van der Waals surface area contributed by atoms with Crippen LogP contribution in [0.3, 0.4) is 0 Å². The predicted molar refractivity (Wildman–Crippen MR) is 61.4 cm³/mol. The van der Waals surface area contributed by atoms with Gasteiger partial charge >= 0.3 is 0 Å². The normalized spacial score (nSPS) is 14.9. The number of anilines is 1. The van der Waals surface area contributed by atoms with E-state index in [9.17, 15) is 10.2 Å². The number of aliphatic hydroxyl groups is 2. The Labute approximate surface area is 90.5 Å². The van der Waals surface area contributed by atoms with E-state index in [0.29, 0.717) is 24.1 Å². The van der Waals surface area contributed by atoms with Crippen LogP contribution in [0.1, 0.15) is 50.0 Å². The van der Waals surface area contributed by atoms with Gasteiger partial charge in [-0.2, -0.15) is 0 Å². The summed E-state index contributed by atoms with van der Waals surface area (Å²) in [7, 11) is 0. The monoisotopic (exact) mass is 209 g/mol. The van der Waals surface area contributed by atoms with Crippen LogP contribution in [-0.4, -0.2) is 10.2 Å². The fourth-order valence-corrected chi connectivity index (χ4v) is 1.70. The van der Waals surface area contributed by atoms with Crippen molar-refractivity contribution in [1.29, 1.82) is 0 Å². The molecule has 0 bridgehead atoms. The van der Waals surface area contributed by atoms with E-state index in [4.69, 9.17) is 5.73 Å². The molecule has 3 nitrogen and oxygen atoms in total. The number of benzene rings is 1. The maximum Gasteiger partial charge on any atom is 0.0811 e. The molecular formula is C12H19NO2. The molecule has 0 fully saturated rings. The summed E-state index contributed by atoms with van der Waals surface area (Å²) >= 11 is 0. The largest absolute Gasteiger partial charge is 0.398 e. The van der Waals surface area contributed by atoms with Crippen molar-refractivity contribution in [2.75, 3.05) is 5.73 Å². The summed E-state index contributed by atoms with van der Waals surface area (Å²) in [6.45, 7) is 3.79. The van der Waals surface area contributed by atoms with Gasteiger partial charge in [-0.15, -0.1) is 0 Å². The lowest BCUT2D eigenvalue weighted by Crippen LogP contribution is -2.08. The summed E-state index contributed by atoms with van der Waals surface area (Å²) in [5.74, 6) is 0. The lowest BCUT2D eigenvalue weighted by Gasteiger charge is -2.19. The molecule has 0 saturated heterocycles. The first-order valence-electron chi connectivity index (χ1n) is 5.36. The minimum Gasteiger partial charge on any atom is -0.398 e. The molecule has 1 aromatic carbocycles. The summed E-state index contributed by atoms with van der Waals surface area (Å²) in [5, 5.41) is 19.7. The van der Waals surface area contributed by atoms with Crippen LogP contribution in [0, 0.1) is 0 Å². The second kappa shape index (κ2) is 5.14. The second-order valence-electron chi connectivity index (χ2n) is 3.70. The van der Waals surface area contributed by atoms with Crippen molar-refractivity contribution in [3.8, 4) is 0 Å². The molecule has 0 saturated carbocycles. The molecule has 15 heavy (non-hydrogen) atoms. The zero-order chi connectivity index (χ0) is 11.4. The highest BCUT2D eigenvalue weighted by Gasteiger charge is 2.17. The first-order chi connectivity index (χ1) is 7.11. The SMILES string of the molecule is CCC(O)c1cccc(N)c1C(O)CC. The molecule has 0 aliphatic rings. The Bertz CT molecular complexity index is 325. The third kappa shape index (κ3) is 2.49. The van der Waals surface area contributed by atoms with E-state index in [2.05, 4.69) is 0 Å². The third-order valence-corrected chi connectivity index (χ3v) is 2.64. The highest BCUT2D eigenvalue weighted by Crippen LogP contribution is 2.31. The van der Waals surface area contributed by atoms with Crippen molar-refractivity contribution < 1.29 is 10.2 Å². The maximum absolute atomic E-state index is 9.84. The first-order valence-corrected chi connectivity index (χ1v) is 5.36. The second-order valence-corrected chi connectivity index (χ2v) is 3.70. The number of nitrogen functional groups attached to an aromatic ring is 1. The van der Waals surface area contributed by atoms with E-state index in [0.717, 1.165) is 5.56 Å². The van der Waals surface area contributed by atoms with Crippen LogP contribution in [0.5, 0.6) is 0 Å². The van der Waals surface area contributed by atoms with Gasteiger partial charge in [-0.3, -0.25) is 0 Å². The van der Waals surface area contributed by atoms with Crippen LogP contribution in [-0.2, 0) is 0 Å². The molecular weight excluding hydrogens is 190 g/mol. The van der Waals surface area contributed by atoms with Crippen molar-refractivity contribution in [3.05, 3.63) is 29.3 Å². The number of rotatable bonds is 4. The quantitative estimate of drug-likeness (QED) is 0.666. The van der Waals surface area contributed by atoms with Crippen molar-refractivity contribution in [3.63, 3.8) is 0 Å². The fourth-order valence-electron chi connectivity index (χ4n) is 1.70. The van der Waals surface area contributed by atoms with Gasteiger partial charge in [0.25, 0.3) is 0 Å². The molecule has 1 rings (SSSR count). The Morgan fingerprint density at radius 3 is 2.27 bits per heavy atom. The molecule has 0 heterocycles. The molecule has 4 N–H and O–H groups in total. The van der Waals surface area contributed by atoms with E-state index < -0.39 is 12.2 Å². The van der Waals surface area contributed by atoms with Gasteiger partial charge in [0.2, 0.25) is 0 Å². The summed E-state index contributed by atoms with van der Waals surface area (Å²) in [4.78, 5) is 0. The van der Waals surface area contributed by atoms with Gasteiger partial charge in [0.1, 0.15) is 0 Å². The van der Waals surface area contributed by atoms with E-state index in [1.807, 2.05) is 19.9 Å². The Kier molecular flexibility index (Phi) is 4.12. The molecule has 3 heteroatoms. The number of aliphatic hydroxyl groups excluding tert-OH is 2. The molecule has 1 aromatic rings. The molecule has 0 aliphatic heterocycles. The van der Waals surface area contributed by atoms with Crippen molar-refractivity contribution in [1.82, 2.24) is 0 Å². The molecule has 0 amide bonds. The highest BCUT2D eigenvalue weighted by atomic mass is 16.3. The average molecular weight is 209 g/mol. The molecule has 2 atom stereocenters. The number of hydrogen-bond donors (Lipinski definition) is 3. The van der Waals surface area contributed by atoms with Crippen LogP contribution in [0.2, 0.25) is 0 Å². The van der Waals surface area contributed by atoms with Gasteiger partial charge < -0.3 is 15.9 Å². The third-order valence-electron chi connectivity index (χ3n) is 2.64. The van der Waals surface area contributed by atoms with Crippen LogP contribution in [0.25, 0.3) is 0 Å². The average Bonchev–Trinajstić information content (AvgIpc) is 2.26. The zero-order valence-electron chi connectivity index (χ0n) is 9.27. The summed E-state index contributed by atoms with van der Waals surface area (Å²) in [6.07, 6.45) is 0.0666. The standard InChI is InChI=1S/C12H19NO2/c1-3-10(14)8-6-5-7-9(13)12(8)11(15)4-2/h5-7,10-11,14-15H,3-4,13H2,1-2H3. The fraction of sp³-hybridized carbons (Fsp3) is 0.500. The summed E-state index contributed by atoms with van der Waals surface area (Å²) < 4.78 is 0. The van der Waals surface area contributed by atoms with Gasteiger partial charge in [0, 0.05) is 11.3 Å². The van der Waals surface area contributed by atoms with E-state index in [-0.39, 0.29) is 0 Å². The van der Waals surface area contributed by atoms with Crippen molar-refractivity contribution >= 4 is 5.69 Å². The lowest BCUT2D eigenvalue weighted by molar-refractivity contribution is 0.150. The van der Waals surface area contributed by atoms with E-state index in [1.54, 1.807) is 12.1 Å². The Morgan fingerprint density at radius 2 is 1.73 bits per heavy atom. The Hall–Kier alpha value is -1.06. The van der Waals surface area contributed by atoms with Crippen LogP contribution < -0.4 is 5.73 Å². The highest BCUT2D eigenvalue weighted by molar-refractivity contribution is 5.52. The smallest absolute Gasteiger partial charge is 0.0811 e. The molecule has 0 spiro atoms. The van der Waals surface area contributed by atoms with Gasteiger partial charge in [-0.25, -0.2) is 0 Å². The van der Waals surface area contributed by atoms with Crippen molar-refractivity contribution in [2.24, 2.45) is 0 Å². The molecule has 84 valence electrons. The minimum absolute atomic E-state index is 0.550. The van der Waals surface area contributed by atoms with Crippen molar-refractivity contribution in [2.45, 2.75) is 38.9 Å². The lowest BCUT2D eigenvalue weighted by atomic mass is 9.94. The Morgan fingerprint density at radius 1 is 1.13 bits per heavy atom. The van der Waals surface area contributed by atoms with E-state index in [1.165, 1.54) is 0 Å². The number of nitrogens with two attached hydrogens (primary N) is 1. The first kappa shape index (κ1) is 12.0. The summed E-state index contributed by atoms with van der Waals surface area (Å²) in [6, 6.07) is 5.37. The topological polar surface area (TPSA) is 66.5 Å². The minimum atomic E-state index is -0.595. The van der Waals surface area contributed by atoms with Gasteiger partial charge in [0.15, 0.2) is 0 Å². The summed E-state index contributed by atoms with van der Waals surface area (Å²) in [5.41, 5.74) is 7.79. The van der Waals surface area contributed by atoms with Crippen LogP contribution in [0.4, 0.5) is 5.69 Å². The van der Waals surface area contributed by atoms with E-state index >= 15 is 0 Å². The predicted octanol–water partition coefficient (Wildman–Crippen LogP) is 2.16. The van der Waals surface area contributed by atoms with Crippen LogP contribution in [0.15, 0.2) is 18.2 Å². The zero-order valence-corrected chi connectivity index (χ0v) is 9.27. The van der Waals surface area contributed by atoms with Gasteiger partial charge in [-0.05, 0) is 24.5 Å². The molecule has 0 radical (unpaired) electrons. The van der Waals surface area contributed by atoms with Gasteiger partial charge in [-0.1, -0.05) is 26.0 Å². The van der Waals surface area contributed by atoms with Gasteiger partial charge in [0.05, 0.1) is 12.2 Å². The molecule has 0 aromatic heterocycles. The maximum atomic E-state index is 9.84. The number of hydrogen-bond acceptors (Lipinski definition) is 3. The Balaban J connectivity index is 3.19. The molecule has 2 unspecified atom stereocenters.